The van der Waals surface area contributed by atoms with Crippen LogP contribution in [0.4, 0.5) is 43.9 Å². The molecule has 0 saturated heterocycles. The zero-order chi connectivity index (χ0) is 24.0. The van der Waals surface area contributed by atoms with Crippen molar-refractivity contribution < 1.29 is 52.3 Å². The Morgan fingerprint density at radius 3 is 0.871 bits per heavy atom. The van der Waals surface area contributed by atoms with Gasteiger partial charge in [0, 0.05) is 11.1 Å². The predicted octanol–water partition coefficient (Wildman–Crippen LogP) is 6.09. The third-order valence-corrected chi connectivity index (χ3v) is 7.39. The lowest BCUT2D eigenvalue weighted by atomic mass is 10.1. The van der Waals surface area contributed by atoms with E-state index in [1.165, 1.54) is 0 Å². The van der Waals surface area contributed by atoms with Gasteiger partial charge in [-0.15, -0.1) is 0 Å². The maximum atomic E-state index is 14.2. The summed E-state index contributed by atoms with van der Waals surface area (Å²) in [6.07, 6.45) is -1.71. The van der Waals surface area contributed by atoms with Gasteiger partial charge in [0.05, 0.1) is 10.5 Å². The smallest absolute Gasteiger partial charge is 0.200 e. The normalized spacial score (nSPS) is 14.1. The Morgan fingerprint density at radius 2 is 0.677 bits per heavy atom. The Morgan fingerprint density at radius 1 is 0.484 bits per heavy atom. The molecule has 0 heterocycles. The van der Waals surface area contributed by atoms with Gasteiger partial charge in [-0.2, -0.15) is 0 Å². The molecule has 0 aliphatic rings. The molecule has 0 spiro atoms. The minimum Gasteiger partial charge on any atom is -0.228 e. The van der Waals surface area contributed by atoms with E-state index in [1.54, 1.807) is 0 Å². The summed E-state index contributed by atoms with van der Waals surface area (Å²) in [6, 6.07) is 0. The molecule has 0 saturated carbocycles. The van der Waals surface area contributed by atoms with Crippen molar-refractivity contribution in [1.82, 2.24) is 0 Å². The highest BCUT2D eigenvalue weighted by atomic mass is 32.2. The summed E-state index contributed by atoms with van der Waals surface area (Å²) in [7, 11) is -5.32. The molecule has 0 aromatic heterocycles. The van der Waals surface area contributed by atoms with Crippen molar-refractivity contribution in [3.05, 3.63) is 69.3 Å². The molecular formula is C18H12F10O2S. The Labute approximate surface area is 169 Å². The predicted molar refractivity (Wildman–Crippen MR) is 87.4 cm³/mol. The highest BCUT2D eigenvalue weighted by Crippen LogP contribution is 2.43. The minimum absolute atomic E-state index is 0.855. The largest absolute Gasteiger partial charge is 0.228 e. The van der Waals surface area contributed by atoms with Crippen molar-refractivity contribution in [2.24, 2.45) is 0 Å². The van der Waals surface area contributed by atoms with Gasteiger partial charge in [0.15, 0.2) is 56.4 Å². The maximum absolute atomic E-state index is 14.2. The van der Waals surface area contributed by atoms with Crippen LogP contribution in [0.25, 0.3) is 0 Å². The third-order valence-electron chi connectivity index (χ3n) is 4.67. The fraction of sp³-hybridized carbons (Fsp3) is 0.333. The first-order valence-corrected chi connectivity index (χ1v) is 10.1. The third kappa shape index (κ3) is 3.76. The highest BCUT2D eigenvalue weighted by molar-refractivity contribution is 7.91. The van der Waals surface area contributed by atoms with Gasteiger partial charge in [-0.25, -0.2) is 52.3 Å². The molecular weight excluding hydrogens is 470 g/mol. The molecule has 2 rings (SSSR count). The zero-order valence-electron chi connectivity index (χ0n) is 15.6. The lowest BCUT2D eigenvalue weighted by molar-refractivity contribution is 0.365. The van der Waals surface area contributed by atoms with Crippen LogP contribution in [0.15, 0.2) is 0 Å². The first kappa shape index (κ1) is 25.0. The van der Waals surface area contributed by atoms with Crippen molar-refractivity contribution in [2.45, 2.75) is 37.2 Å². The van der Waals surface area contributed by atoms with Gasteiger partial charge in [0.2, 0.25) is 11.6 Å². The van der Waals surface area contributed by atoms with Gasteiger partial charge < -0.3 is 0 Å². The van der Waals surface area contributed by atoms with Crippen molar-refractivity contribution in [3.63, 3.8) is 0 Å². The van der Waals surface area contributed by atoms with Gasteiger partial charge in [0.25, 0.3) is 0 Å². The van der Waals surface area contributed by atoms with Crippen LogP contribution in [0, 0.1) is 58.2 Å². The van der Waals surface area contributed by atoms with Crippen LogP contribution in [0.3, 0.4) is 0 Å². The van der Waals surface area contributed by atoms with Crippen LogP contribution in [0.1, 0.15) is 48.3 Å². The van der Waals surface area contributed by atoms with E-state index in [0.29, 0.717) is 0 Å². The zero-order valence-corrected chi connectivity index (χ0v) is 16.4. The van der Waals surface area contributed by atoms with Crippen LogP contribution in [-0.4, -0.2) is 8.42 Å². The molecule has 2 nitrogen and oxygen atoms in total. The lowest BCUT2D eigenvalue weighted by Crippen LogP contribution is -2.26. The second kappa shape index (κ2) is 8.67. The summed E-state index contributed by atoms with van der Waals surface area (Å²) < 4.78 is 163. The lowest BCUT2D eigenvalue weighted by Gasteiger charge is -2.25. The van der Waals surface area contributed by atoms with E-state index in [-0.39, 0.29) is 0 Å². The average molecular weight is 482 g/mol. The Balaban J connectivity index is 2.85. The summed E-state index contributed by atoms with van der Waals surface area (Å²) in [4.78, 5) is 0. The van der Waals surface area contributed by atoms with Gasteiger partial charge in [-0.3, -0.25) is 0 Å². The topological polar surface area (TPSA) is 34.1 Å². The van der Waals surface area contributed by atoms with Gasteiger partial charge in [-0.05, 0) is 12.8 Å². The number of hydrogen-bond donors (Lipinski definition) is 0. The molecule has 13 heteroatoms. The molecule has 0 amide bonds. The van der Waals surface area contributed by atoms with E-state index < -0.39 is 102 Å². The summed E-state index contributed by atoms with van der Waals surface area (Å²) in [5.41, 5.74) is -3.61. The molecule has 2 aromatic carbocycles. The van der Waals surface area contributed by atoms with Crippen LogP contribution in [-0.2, 0) is 9.84 Å². The Kier molecular flexibility index (Phi) is 6.98. The van der Waals surface area contributed by atoms with E-state index in [4.69, 9.17) is 0 Å². The molecule has 0 N–H and O–H groups in total. The summed E-state index contributed by atoms with van der Waals surface area (Å²) in [5, 5.41) is -5.12. The number of hydrogen-bond acceptors (Lipinski definition) is 2. The highest BCUT2D eigenvalue weighted by Gasteiger charge is 2.43. The van der Waals surface area contributed by atoms with Crippen LogP contribution in [0.5, 0.6) is 0 Å². The van der Waals surface area contributed by atoms with E-state index in [2.05, 4.69) is 0 Å². The molecule has 2 aromatic rings. The number of benzene rings is 2. The monoisotopic (exact) mass is 482 g/mol. The van der Waals surface area contributed by atoms with E-state index >= 15 is 0 Å². The quantitative estimate of drug-likeness (QED) is 0.284. The number of halogens is 10. The molecule has 2 atom stereocenters. The second-order valence-electron chi connectivity index (χ2n) is 6.35. The van der Waals surface area contributed by atoms with Gasteiger partial charge >= 0.3 is 0 Å². The number of rotatable bonds is 6. The fourth-order valence-electron chi connectivity index (χ4n) is 3.21. The molecule has 2 unspecified atom stereocenters. The van der Waals surface area contributed by atoms with Crippen LogP contribution >= 0.6 is 0 Å². The molecule has 31 heavy (non-hydrogen) atoms. The minimum atomic E-state index is -5.32. The van der Waals surface area contributed by atoms with E-state index in [9.17, 15) is 52.3 Å². The van der Waals surface area contributed by atoms with E-state index in [0.717, 1.165) is 13.8 Å². The first-order valence-electron chi connectivity index (χ1n) is 8.50. The van der Waals surface area contributed by atoms with Gasteiger partial charge in [-0.1, -0.05) is 13.8 Å². The van der Waals surface area contributed by atoms with Crippen LogP contribution in [0.2, 0.25) is 0 Å². The summed E-state index contributed by atoms with van der Waals surface area (Å²) >= 11 is 0. The fourth-order valence-corrected chi connectivity index (χ4v) is 5.61. The molecule has 0 fully saturated rings. The standard InChI is InChI=1S/C18H12F10O2S/c1-3-5(7-9(19)13(23)17(27)14(24)10(7)20)31(29,30)6(4-2)8-11(21)15(25)18(28)16(26)12(8)22/h5-6H,3-4H2,1-2H3. The Bertz CT molecular complexity index is 1010. The van der Waals surface area contributed by atoms with Gasteiger partial charge in [0.1, 0.15) is 0 Å². The molecule has 0 bridgehead atoms. The van der Waals surface area contributed by atoms with Crippen molar-refractivity contribution in [1.29, 1.82) is 0 Å². The first-order chi connectivity index (χ1) is 14.2. The van der Waals surface area contributed by atoms with Crippen molar-refractivity contribution in [2.75, 3.05) is 0 Å². The maximum Gasteiger partial charge on any atom is 0.200 e. The molecule has 0 aliphatic carbocycles. The van der Waals surface area contributed by atoms with Crippen molar-refractivity contribution >= 4 is 9.84 Å². The SMILES string of the molecule is CCC(c1c(F)c(F)c(F)c(F)c1F)S(=O)(=O)C(CC)c1c(F)c(F)c(F)c(F)c1F. The molecule has 172 valence electrons. The van der Waals surface area contributed by atoms with Crippen molar-refractivity contribution in [3.8, 4) is 0 Å². The van der Waals surface area contributed by atoms with E-state index in [1.807, 2.05) is 0 Å². The number of sulfone groups is 1. The average Bonchev–Trinajstić information content (AvgIpc) is 2.73. The molecule has 0 radical (unpaired) electrons. The summed E-state index contributed by atoms with van der Waals surface area (Å²) in [5.74, 6) is -25.0. The Hall–Kier alpha value is -2.31. The van der Waals surface area contributed by atoms with Crippen LogP contribution < -0.4 is 0 Å². The second-order valence-corrected chi connectivity index (χ2v) is 8.67. The molecule has 0 aliphatic heterocycles. The summed E-state index contributed by atoms with van der Waals surface area (Å²) in [6.45, 7) is 1.90.